The molecule has 0 saturated carbocycles. The summed E-state index contributed by atoms with van der Waals surface area (Å²) < 4.78 is 10.3. The van der Waals surface area contributed by atoms with Crippen molar-refractivity contribution in [3.05, 3.63) is 59.3 Å². The van der Waals surface area contributed by atoms with Crippen LogP contribution >= 0.6 is 0 Å². The number of hydrogen-bond acceptors (Lipinski definition) is 6. The Morgan fingerprint density at radius 2 is 1.84 bits per heavy atom. The highest BCUT2D eigenvalue weighted by atomic mass is 16.5. The molecule has 2 aromatic carbocycles. The van der Waals surface area contributed by atoms with Gasteiger partial charge in [0.15, 0.2) is 0 Å². The third-order valence-electron chi connectivity index (χ3n) is 5.09. The molecule has 0 unspecified atom stereocenters. The lowest BCUT2D eigenvalue weighted by Gasteiger charge is -2.23. The number of carbonyl (C=O) groups is 3. The van der Waals surface area contributed by atoms with Gasteiger partial charge in [-0.3, -0.25) is 19.3 Å². The lowest BCUT2D eigenvalue weighted by molar-refractivity contribution is -0.139. The maximum absolute atomic E-state index is 13.1. The molecule has 168 valence electrons. The van der Waals surface area contributed by atoms with Crippen molar-refractivity contribution in [3.8, 4) is 5.75 Å². The molecule has 8 heteroatoms. The fraction of sp³-hybridized carbons (Fsp3) is 0.292. The van der Waals surface area contributed by atoms with E-state index in [-0.39, 0.29) is 18.9 Å². The number of aryl methyl sites for hydroxylation is 2. The molecular formula is C24H27N3O5. The normalized spacial score (nSPS) is 12.8. The molecule has 0 aromatic heterocycles. The van der Waals surface area contributed by atoms with E-state index in [0.29, 0.717) is 35.1 Å². The molecule has 0 saturated heterocycles. The Balaban J connectivity index is 1.91. The van der Waals surface area contributed by atoms with Gasteiger partial charge >= 0.3 is 5.97 Å². The van der Waals surface area contributed by atoms with Crippen LogP contribution in [0.4, 0.5) is 17.1 Å². The Hall–Kier alpha value is -3.81. The highest BCUT2D eigenvalue weighted by Gasteiger charge is 2.26. The molecule has 0 spiro atoms. The van der Waals surface area contributed by atoms with E-state index in [4.69, 9.17) is 9.47 Å². The number of nitrogens with one attached hydrogen (secondary N) is 2. The fourth-order valence-corrected chi connectivity index (χ4v) is 3.35. The molecule has 0 bridgehead atoms. The first kappa shape index (κ1) is 22.9. The predicted octanol–water partition coefficient (Wildman–Crippen LogP) is 3.55. The van der Waals surface area contributed by atoms with E-state index in [1.54, 1.807) is 18.2 Å². The van der Waals surface area contributed by atoms with Crippen molar-refractivity contribution in [1.82, 2.24) is 0 Å². The van der Waals surface area contributed by atoms with Crippen LogP contribution in [-0.4, -0.2) is 38.0 Å². The summed E-state index contributed by atoms with van der Waals surface area (Å²) in [5.74, 6) is -0.703. The number of hydrogen-bond donors (Lipinski definition) is 2. The van der Waals surface area contributed by atoms with Crippen LogP contribution in [0.15, 0.2) is 48.2 Å². The zero-order chi connectivity index (χ0) is 23.3. The maximum atomic E-state index is 13.1. The number of amides is 2. The molecule has 3 rings (SSSR count). The van der Waals surface area contributed by atoms with E-state index in [2.05, 4.69) is 10.6 Å². The van der Waals surface area contributed by atoms with E-state index in [9.17, 15) is 14.4 Å². The SMILES string of the molecule is CCOc1ccccc1NC(=O)CN1C(=O)C=C(CC(=O)OC)Nc2cc(C)c(C)cc21. The topological polar surface area (TPSA) is 97.0 Å². The Morgan fingerprint density at radius 3 is 2.56 bits per heavy atom. The maximum Gasteiger partial charge on any atom is 0.311 e. The molecule has 0 radical (unpaired) electrons. The number of rotatable bonds is 7. The first-order valence-corrected chi connectivity index (χ1v) is 10.3. The summed E-state index contributed by atoms with van der Waals surface area (Å²) in [6.45, 7) is 6.00. The molecule has 0 atom stereocenters. The second kappa shape index (κ2) is 10.00. The van der Waals surface area contributed by atoms with Crippen LogP contribution < -0.4 is 20.3 Å². The van der Waals surface area contributed by atoms with Crippen LogP contribution in [0.25, 0.3) is 0 Å². The van der Waals surface area contributed by atoms with Crippen molar-refractivity contribution in [1.29, 1.82) is 0 Å². The second-order valence-corrected chi connectivity index (χ2v) is 7.40. The van der Waals surface area contributed by atoms with E-state index < -0.39 is 11.9 Å². The van der Waals surface area contributed by atoms with Gasteiger partial charge in [0.05, 0.1) is 37.2 Å². The fourth-order valence-electron chi connectivity index (χ4n) is 3.35. The van der Waals surface area contributed by atoms with E-state index in [1.165, 1.54) is 18.1 Å². The number of nitrogens with zero attached hydrogens (tertiary/aromatic N) is 1. The number of benzene rings is 2. The zero-order valence-corrected chi connectivity index (χ0v) is 18.7. The van der Waals surface area contributed by atoms with Crippen LogP contribution in [0, 0.1) is 13.8 Å². The molecule has 1 heterocycles. The molecule has 2 aromatic rings. The molecule has 2 amide bonds. The van der Waals surface area contributed by atoms with Gasteiger partial charge in [0.2, 0.25) is 5.91 Å². The Kier molecular flexibility index (Phi) is 7.14. The molecule has 0 fully saturated rings. The summed E-state index contributed by atoms with van der Waals surface area (Å²) in [5, 5.41) is 5.97. The van der Waals surface area contributed by atoms with Crippen molar-refractivity contribution in [2.24, 2.45) is 0 Å². The summed E-state index contributed by atoms with van der Waals surface area (Å²) >= 11 is 0. The molecule has 8 nitrogen and oxygen atoms in total. The van der Waals surface area contributed by atoms with Crippen molar-refractivity contribution in [2.75, 3.05) is 35.8 Å². The van der Waals surface area contributed by atoms with Gasteiger partial charge in [-0.25, -0.2) is 0 Å². The Labute approximate surface area is 187 Å². The highest BCUT2D eigenvalue weighted by molar-refractivity contribution is 6.10. The van der Waals surface area contributed by atoms with Crippen LogP contribution in [0.1, 0.15) is 24.5 Å². The molecule has 1 aliphatic heterocycles. The van der Waals surface area contributed by atoms with Gasteiger partial charge in [-0.05, 0) is 56.2 Å². The minimum absolute atomic E-state index is 0.0869. The zero-order valence-electron chi connectivity index (χ0n) is 18.7. The van der Waals surface area contributed by atoms with E-state index in [1.807, 2.05) is 39.0 Å². The second-order valence-electron chi connectivity index (χ2n) is 7.40. The lowest BCUT2D eigenvalue weighted by atomic mass is 10.1. The molecule has 32 heavy (non-hydrogen) atoms. The average Bonchev–Trinajstić information content (AvgIpc) is 2.86. The van der Waals surface area contributed by atoms with Crippen LogP contribution in [0.5, 0.6) is 5.75 Å². The predicted molar refractivity (Wildman–Crippen MR) is 123 cm³/mol. The van der Waals surface area contributed by atoms with Crippen LogP contribution in [0.3, 0.4) is 0 Å². The Bertz CT molecular complexity index is 1080. The highest BCUT2D eigenvalue weighted by Crippen LogP contribution is 2.33. The average molecular weight is 437 g/mol. The van der Waals surface area contributed by atoms with E-state index >= 15 is 0 Å². The van der Waals surface area contributed by atoms with Gasteiger partial charge in [0, 0.05) is 11.8 Å². The van der Waals surface area contributed by atoms with Gasteiger partial charge < -0.3 is 20.1 Å². The van der Waals surface area contributed by atoms with Gasteiger partial charge in [-0.15, -0.1) is 0 Å². The standard InChI is InChI=1S/C24H27N3O5/c1-5-32-21-9-7-6-8-18(21)26-22(28)14-27-20-11-16(3)15(2)10-19(20)25-17(12-23(27)29)13-24(30)31-4/h6-12,25H,5,13-14H2,1-4H3,(H,26,28). The number of anilines is 3. The third kappa shape index (κ3) is 5.26. The number of ether oxygens (including phenoxy) is 2. The summed E-state index contributed by atoms with van der Waals surface area (Å²) in [7, 11) is 1.29. The number of methoxy groups -OCH3 is 1. The van der Waals surface area contributed by atoms with Crippen LogP contribution in [-0.2, 0) is 19.1 Å². The molecule has 1 aliphatic rings. The lowest BCUT2D eigenvalue weighted by Crippen LogP contribution is -2.37. The number of para-hydroxylation sites is 2. The quantitative estimate of drug-likeness (QED) is 0.643. The smallest absolute Gasteiger partial charge is 0.311 e. The summed E-state index contributed by atoms with van der Waals surface area (Å²) in [6.07, 6.45) is 1.24. The van der Waals surface area contributed by atoms with E-state index in [0.717, 1.165) is 11.1 Å². The molecular weight excluding hydrogens is 410 g/mol. The summed E-state index contributed by atoms with van der Waals surface area (Å²) in [4.78, 5) is 39.1. The largest absolute Gasteiger partial charge is 0.492 e. The molecule has 2 N–H and O–H groups in total. The molecule has 0 aliphatic carbocycles. The minimum Gasteiger partial charge on any atom is -0.492 e. The summed E-state index contributed by atoms with van der Waals surface area (Å²) in [6, 6.07) is 10.9. The monoisotopic (exact) mass is 437 g/mol. The minimum atomic E-state index is -0.472. The van der Waals surface area contributed by atoms with Crippen molar-refractivity contribution in [2.45, 2.75) is 27.2 Å². The number of carbonyl (C=O) groups excluding carboxylic acids is 3. The Morgan fingerprint density at radius 1 is 1.12 bits per heavy atom. The summed E-state index contributed by atoms with van der Waals surface area (Å²) in [5.41, 5.74) is 4.11. The third-order valence-corrected chi connectivity index (χ3v) is 5.09. The first-order chi connectivity index (χ1) is 15.3. The van der Waals surface area contributed by atoms with Gasteiger partial charge in [0.1, 0.15) is 12.3 Å². The van der Waals surface area contributed by atoms with Crippen LogP contribution in [0.2, 0.25) is 0 Å². The van der Waals surface area contributed by atoms with Gasteiger partial charge in [-0.2, -0.15) is 0 Å². The van der Waals surface area contributed by atoms with Crippen molar-refractivity contribution < 1.29 is 23.9 Å². The van der Waals surface area contributed by atoms with Crippen molar-refractivity contribution in [3.63, 3.8) is 0 Å². The van der Waals surface area contributed by atoms with Gasteiger partial charge in [0.25, 0.3) is 5.91 Å². The number of fused-ring (bicyclic) bond motifs is 1. The number of esters is 1. The van der Waals surface area contributed by atoms with Gasteiger partial charge in [-0.1, -0.05) is 12.1 Å². The van der Waals surface area contributed by atoms with Crippen molar-refractivity contribution >= 4 is 34.8 Å². The first-order valence-electron chi connectivity index (χ1n) is 10.3.